The van der Waals surface area contributed by atoms with E-state index < -0.39 is 24.4 Å². The minimum Gasteiger partial charge on any atom is -0.399 e. The van der Waals surface area contributed by atoms with Crippen LogP contribution in [0.25, 0.3) is 10.9 Å². The molecular formula is C18H23BN4O4. The van der Waals surface area contributed by atoms with Gasteiger partial charge in [0.2, 0.25) is 5.91 Å². The fraction of sp³-hybridized carbons (Fsp3) is 0.500. The lowest BCUT2D eigenvalue weighted by molar-refractivity contribution is -0.120. The van der Waals surface area contributed by atoms with Crippen LogP contribution in [0.2, 0.25) is 0 Å². The quantitative estimate of drug-likeness (QED) is 0.806. The summed E-state index contributed by atoms with van der Waals surface area (Å²) >= 11 is 0. The monoisotopic (exact) mass is 370 g/mol. The number of hydrogen-bond acceptors (Lipinski definition) is 5. The number of benzene rings is 1. The highest BCUT2D eigenvalue weighted by molar-refractivity contribution is 6.65. The molecule has 2 aliphatic heterocycles. The van der Waals surface area contributed by atoms with E-state index in [1.165, 1.54) is 0 Å². The van der Waals surface area contributed by atoms with E-state index >= 15 is 0 Å². The third kappa shape index (κ3) is 2.73. The molecule has 4 rings (SSSR count). The maximum absolute atomic E-state index is 12.3. The van der Waals surface area contributed by atoms with Gasteiger partial charge in [-0.15, -0.1) is 0 Å². The highest BCUT2D eigenvalue weighted by atomic mass is 16.7. The van der Waals surface area contributed by atoms with Crippen LogP contribution < -0.4 is 15.7 Å². The van der Waals surface area contributed by atoms with E-state index in [1.807, 2.05) is 46.9 Å². The van der Waals surface area contributed by atoms with Crippen molar-refractivity contribution in [3.05, 3.63) is 18.3 Å². The molecule has 3 amide bonds. The Hall–Kier alpha value is -2.39. The number of rotatable bonds is 2. The average Bonchev–Trinajstić information content (AvgIpc) is 3.05. The summed E-state index contributed by atoms with van der Waals surface area (Å²) in [5.41, 5.74) is 1.52. The van der Waals surface area contributed by atoms with Gasteiger partial charge in [-0.25, -0.2) is 4.79 Å². The lowest BCUT2D eigenvalue weighted by atomic mass is 9.77. The molecule has 8 nitrogen and oxygen atoms in total. The van der Waals surface area contributed by atoms with Crippen LogP contribution >= 0.6 is 0 Å². The molecule has 0 saturated carbocycles. The van der Waals surface area contributed by atoms with Crippen LogP contribution in [-0.2, 0) is 21.2 Å². The van der Waals surface area contributed by atoms with Gasteiger partial charge in [-0.1, -0.05) is 6.07 Å². The van der Waals surface area contributed by atoms with Crippen LogP contribution in [0.1, 0.15) is 34.1 Å². The first-order valence-corrected chi connectivity index (χ1v) is 9.02. The Morgan fingerprint density at radius 2 is 1.81 bits per heavy atom. The predicted octanol–water partition coefficient (Wildman–Crippen LogP) is 1.32. The molecule has 2 fully saturated rings. The second-order valence-corrected chi connectivity index (χ2v) is 8.05. The molecule has 1 aromatic heterocycles. The van der Waals surface area contributed by atoms with E-state index in [-0.39, 0.29) is 12.3 Å². The van der Waals surface area contributed by atoms with Gasteiger partial charge >= 0.3 is 13.1 Å². The number of carbonyl (C=O) groups is 2. The molecule has 2 aromatic rings. The van der Waals surface area contributed by atoms with E-state index in [0.29, 0.717) is 12.2 Å². The van der Waals surface area contributed by atoms with Gasteiger partial charge in [0.25, 0.3) is 0 Å². The van der Waals surface area contributed by atoms with Gasteiger partial charge in [0.15, 0.2) is 0 Å². The first kappa shape index (κ1) is 18.0. The zero-order valence-corrected chi connectivity index (χ0v) is 16.2. The number of aromatic nitrogens is 2. The summed E-state index contributed by atoms with van der Waals surface area (Å²) in [5, 5.41) is 7.55. The van der Waals surface area contributed by atoms with Gasteiger partial charge in [-0.05, 0) is 33.8 Å². The Bertz CT molecular complexity index is 936. The molecule has 2 saturated heterocycles. The maximum Gasteiger partial charge on any atom is 0.497 e. The zero-order valence-electron chi connectivity index (χ0n) is 16.2. The molecule has 1 aromatic carbocycles. The molecular weight excluding hydrogens is 347 g/mol. The van der Waals surface area contributed by atoms with Crippen molar-refractivity contribution in [1.82, 2.24) is 15.1 Å². The van der Waals surface area contributed by atoms with Crippen LogP contribution in [0, 0.1) is 0 Å². The molecule has 0 spiro atoms. The molecule has 1 N–H and O–H groups in total. The van der Waals surface area contributed by atoms with Gasteiger partial charge in [0, 0.05) is 30.9 Å². The maximum atomic E-state index is 12.3. The van der Waals surface area contributed by atoms with Crippen molar-refractivity contribution in [2.45, 2.75) is 45.3 Å². The first-order valence-electron chi connectivity index (χ1n) is 9.02. The SMILES string of the molecule is Cn1ncc2c(N3CCC(=O)NC3=O)ccc(B3OC(C)(C)C(C)(C)O3)c21. The van der Waals surface area contributed by atoms with Gasteiger partial charge in [-0.2, -0.15) is 5.10 Å². The average molecular weight is 370 g/mol. The van der Waals surface area contributed by atoms with Crippen molar-refractivity contribution in [2.75, 3.05) is 11.4 Å². The summed E-state index contributed by atoms with van der Waals surface area (Å²) in [4.78, 5) is 25.3. The number of aryl methyl sites for hydroxylation is 1. The van der Waals surface area contributed by atoms with Crippen LogP contribution in [0.5, 0.6) is 0 Å². The van der Waals surface area contributed by atoms with Crippen LogP contribution in [0.4, 0.5) is 10.5 Å². The number of amides is 3. The highest BCUT2D eigenvalue weighted by Gasteiger charge is 2.52. The van der Waals surface area contributed by atoms with Crippen LogP contribution in [0.15, 0.2) is 18.3 Å². The Kier molecular flexibility index (Phi) is 3.87. The lowest BCUT2D eigenvalue weighted by Crippen LogP contribution is -2.49. The summed E-state index contributed by atoms with van der Waals surface area (Å²) in [6.45, 7) is 8.38. The summed E-state index contributed by atoms with van der Waals surface area (Å²) in [7, 11) is 1.32. The second-order valence-electron chi connectivity index (χ2n) is 8.05. The minimum atomic E-state index is -0.529. The normalized spacial score (nSPS) is 21.8. The molecule has 3 heterocycles. The zero-order chi connectivity index (χ0) is 19.6. The number of hydrogen-bond donors (Lipinski definition) is 1. The summed E-state index contributed by atoms with van der Waals surface area (Å²) in [6, 6.07) is 3.35. The molecule has 0 atom stereocenters. The van der Waals surface area contributed by atoms with E-state index in [2.05, 4.69) is 10.4 Å². The highest BCUT2D eigenvalue weighted by Crippen LogP contribution is 2.37. The molecule has 0 unspecified atom stereocenters. The Balaban J connectivity index is 1.79. The Labute approximate surface area is 157 Å². The van der Waals surface area contributed by atoms with Crippen molar-refractivity contribution < 1.29 is 18.9 Å². The number of imide groups is 1. The molecule has 142 valence electrons. The number of fused-ring (bicyclic) bond motifs is 1. The molecule has 0 radical (unpaired) electrons. The standard InChI is InChI=1S/C18H23BN4O4/c1-17(2)18(3,4)27-19(26-17)12-6-7-13(11-10-20-22(5)15(11)12)23-9-8-14(24)21-16(23)25/h6-7,10H,8-9H2,1-5H3,(H,21,24,25). The minimum absolute atomic E-state index is 0.257. The summed E-state index contributed by atoms with van der Waals surface area (Å²) in [5.74, 6) is -0.257. The van der Waals surface area contributed by atoms with E-state index in [4.69, 9.17) is 9.31 Å². The largest absolute Gasteiger partial charge is 0.497 e. The molecule has 0 aliphatic carbocycles. The third-order valence-electron chi connectivity index (χ3n) is 5.76. The number of nitrogens with zero attached hydrogens (tertiary/aromatic N) is 3. The number of urea groups is 1. The van der Waals surface area contributed by atoms with Crippen molar-refractivity contribution in [3.8, 4) is 0 Å². The molecule has 9 heteroatoms. The van der Waals surface area contributed by atoms with Gasteiger partial charge in [-0.3, -0.25) is 19.7 Å². The summed E-state index contributed by atoms with van der Waals surface area (Å²) < 4.78 is 14.2. The summed E-state index contributed by atoms with van der Waals surface area (Å²) in [6.07, 6.45) is 2.00. The smallest absolute Gasteiger partial charge is 0.399 e. The fourth-order valence-electron chi connectivity index (χ4n) is 3.49. The Morgan fingerprint density at radius 3 is 2.44 bits per heavy atom. The van der Waals surface area contributed by atoms with Gasteiger partial charge < -0.3 is 9.31 Å². The van der Waals surface area contributed by atoms with Gasteiger partial charge in [0.05, 0.1) is 28.6 Å². The van der Waals surface area contributed by atoms with E-state index in [1.54, 1.807) is 15.8 Å². The number of nitrogens with one attached hydrogen (secondary N) is 1. The Morgan fingerprint density at radius 1 is 1.15 bits per heavy atom. The predicted molar refractivity (Wildman–Crippen MR) is 102 cm³/mol. The van der Waals surface area contributed by atoms with Crippen molar-refractivity contribution in [1.29, 1.82) is 0 Å². The molecule has 27 heavy (non-hydrogen) atoms. The lowest BCUT2D eigenvalue weighted by Gasteiger charge is -2.32. The van der Waals surface area contributed by atoms with E-state index in [0.717, 1.165) is 16.4 Å². The fourth-order valence-corrected chi connectivity index (χ4v) is 3.49. The van der Waals surface area contributed by atoms with Crippen LogP contribution in [0.3, 0.4) is 0 Å². The van der Waals surface area contributed by atoms with Crippen molar-refractivity contribution in [3.63, 3.8) is 0 Å². The van der Waals surface area contributed by atoms with E-state index in [9.17, 15) is 9.59 Å². The second kappa shape index (κ2) is 5.80. The topological polar surface area (TPSA) is 85.7 Å². The number of anilines is 1. The molecule has 2 aliphatic rings. The van der Waals surface area contributed by atoms with Crippen molar-refractivity contribution >= 4 is 41.1 Å². The number of carbonyl (C=O) groups excluding carboxylic acids is 2. The first-order chi connectivity index (χ1) is 12.6. The molecule has 0 bridgehead atoms. The van der Waals surface area contributed by atoms with Crippen LogP contribution in [-0.4, -0.2) is 46.6 Å². The third-order valence-corrected chi connectivity index (χ3v) is 5.76. The van der Waals surface area contributed by atoms with Crippen molar-refractivity contribution in [2.24, 2.45) is 7.05 Å². The van der Waals surface area contributed by atoms with Gasteiger partial charge in [0.1, 0.15) is 0 Å².